The van der Waals surface area contributed by atoms with Crippen molar-refractivity contribution >= 4 is 21.6 Å². The number of rotatable bonds is 6. The van der Waals surface area contributed by atoms with Gasteiger partial charge in [0, 0.05) is 26.4 Å². The molecule has 112 valence electrons. The zero-order chi connectivity index (χ0) is 15.3. The van der Waals surface area contributed by atoms with Gasteiger partial charge in [0.05, 0.1) is 4.90 Å². The van der Waals surface area contributed by atoms with Gasteiger partial charge in [0.1, 0.15) is 6.61 Å². The van der Waals surface area contributed by atoms with Gasteiger partial charge in [-0.15, -0.1) is 0 Å². The summed E-state index contributed by atoms with van der Waals surface area (Å²) < 4.78 is 30.2. The second-order valence-electron chi connectivity index (χ2n) is 4.45. The van der Waals surface area contributed by atoms with Crippen LogP contribution < -0.4 is 5.32 Å². The molecule has 0 bridgehead atoms. The number of sulfonamides is 1. The third-order valence-corrected chi connectivity index (χ3v) is 4.51. The van der Waals surface area contributed by atoms with Gasteiger partial charge in [-0.05, 0) is 31.5 Å². The van der Waals surface area contributed by atoms with Gasteiger partial charge in [-0.2, -0.15) is 0 Å². The Hall–Kier alpha value is -1.44. The first-order chi connectivity index (χ1) is 9.28. The summed E-state index contributed by atoms with van der Waals surface area (Å²) in [5.41, 5.74) is 1.25. The largest absolute Gasteiger partial charge is 0.372 e. The highest BCUT2D eigenvalue weighted by molar-refractivity contribution is 7.89. The minimum Gasteiger partial charge on any atom is -0.372 e. The Morgan fingerprint density at radius 1 is 1.35 bits per heavy atom. The van der Waals surface area contributed by atoms with Crippen molar-refractivity contribution in [3.05, 3.63) is 23.8 Å². The van der Waals surface area contributed by atoms with Gasteiger partial charge in [-0.1, -0.05) is 6.07 Å². The number of benzene rings is 1. The molecule has 1 aromatic rings. The van der Waals surface area contributed by atoms with Crippen LogP contribution in [-0.4, -0.2) is 45.9 Å². The van der Waals surface area contributed by atoms with Gasteiger partial charge in [0.25, 0.3) is 0 Å². The van der Waals surface area contributed by atoms with E-state index in [1.165, 1.54) is 26.2 Å². The minimum atomic E-state index is -3.52. The van der Waals surface area contributed by atoms with Gasteiger partial charge >= 0.3 is 0 Å². The van der Waals surface area contributed by atoms with E-state index >= 15 is 0 Å². The van der Waals surface area contributed by atoms with E-state index in [2.05, 4.69) is 5.32 Å². The molecule has 7 heteroatoms. The Morgan fingerprint density at radius 2 is 2.00 bits per heavy atom. The average molecular weight is 300 g/mol. The molecular formula is C13H20N2O4S. The lowest BCUT2D eigenvalue weighted by Crippen LogP contribution is -2.23. The van der Waals surface area contributed by atoms with E-state index in [0.29, 0.717) is 12.3 Å². The van der Waals surface area contributed by atoms with Crippen LogP contribution in [0.4, 0.5) is 5.69 Å². The first-order valence-electron chi connectivity index (χ1n) is 6.19. The zero-order valence-corrected chi connectivity index (χ0v) is 13.0. The van der Waals surface area contributed by atoms with Crippen LogP contribution in [0, 0.1) is 6.92 Å². The molecule has 0 aliphatic rings. The Morgan fingerprint density at radius 3 is 2.55 bits per heavy atom. The smallest absolute Gasteiger partial charge is 0.250 e. The summed E-state index contributed by atoms with van der Waals surface area (Å²) in [6, 6.07) is 4.63. The standard InChI is InChI=1S/C13H20N2O4S/c1-5-19-9-13(16)14-12-8-11(7-6-10(12)2)20(17,18)15(3)4/h6-8H,5,9H2,1-4H3,(H,14,16). The van der Waals surface area contributed by atoms with E-state index in [1.54, 1.807) is 19.9 Å². The van der Waals surface area contributed by atoms with Crippen LogP contribution in [0.25, 0.3) is 0 Å². The number of carbonyl (C=O) groups is 1. The number of carbonyl (C=O) groups excluding carboxylic acids is 1. The molecule has 0 unspecified atom stereocenters. The van der Waals surface area contributed by atoms with E-state index in [1.807, 2.05) is 0 Å². The summed E-state index contributed by atoms with van der Waals surface area (Å²) in [5, 5.41) is 2.65. The second-order valence-corrected chi connectivity index (χ2v) is 6.60. The number of hydrogen-bond donors (Lipinski definition) is 1. The molecule has 20 heavy (non-hydrogen) atoms. The highest BCUT2D eigenvalue weighted by Crippen LogP contribution is 2.21. The van der Waals surface area contributed by atoms with Crippen molar-refractivity contribution in [2.24, 2.45) is 0 Å². The van der Waals surface area contributed by atoms with Crippen molar-refractivity contribution in [1.29, 1.82) is 0 Å². The molecule has 0 aliphatic heterocycles. The molecule has 6 nitrogen and oxygen atoms in total. The lowest BCUT2D eigenvalue weighted by atomic mass is 10.2. The first-order valence-corrected chi connectivity index (χ1v) is 7.63. The summed E-state index contributed by atoms with van der Waals surface area (Å²) in [6.07, 6.45) is 0. The Labute approximate surface area is 119 Å². The maximum atomic E-state index is 12.0. The summed E-state index contributed by atoms with van der Waals surface area (Å²) in [5.74, 6) is -0.311. The monoisotopic (exact) mass is 300 g/mol. The topological polar surface area (TPSA) is 75.7 Å². The maximum Gasteiger partial charge on any atom is 0.250 e. The molecule has 1 aromatic carbocycles. The molecule has 0 aromatic heterocycles. The van der Waals surface area contributed by atoms with E-state index in [9.17, 15) is 13.2 Å². The molecule has 0 radical (unpaired) electrons. The Bertz CT molecular complexity index is 582. The number of aryl methyl sites for hydroxylation is 1. The van der Waals surface area contributed by atoms with Gasteiger partial charge in [0.15, 0.2) is 0 Å². The summed E-state index contributed by atoms with van der Waals surface area (Å²) in [4.78, 5) is 11.8. The summed E-state index contributed by atoms with van der Waals surface area (Å²) in [6.45, 7) is 3.98. The van der Waals surface area contributed by atoms with E-state index in [0.717, 1.165) is 9.87 Å². The summed E-state index contributed by atoms with van der Waals surface area (Å²) >= 11 is 0. The molecule has 0 saturated heterocycles. The van der Waals surface area contributed by atoms with Gasteiger partial charge in [-0.25, -0.2) is 12.7 Å². The fraction of sp³-hybridized carbons (Fsp3) is 0.462. The number of nitrogens with one attached hydrogen (secondary N) is 1. The van der Waals surface area contributed by atoms with Crippen LogP contribution in [0.2, 0.25) is 0 Å². The van der Waals surface area contributed by atoms with E-state index in [-0.39, 0.29) is 17.4 Å². The second kappa shape index (κ2) is 6.83. The third kappa shape index (κ3) is 4.03. The first kappa shape index (κ1) is 16.6. The van der Waals surface area contributed by atoms with Gasteiger partial charge in [-0.3, -0.25) is 4.79 Å². The fourth-order valence-electron chi connectivity index (χ4n) is 1.49. The number of amides is 1. The van der Waals surface area contributed by atoms with E-state index < -0.39 is 10.0 Å². The Balaban J connectivity index is 3.01. The predicted octanol–water partition coefficient (Wildman–Crippen LogP) is 1.22. The van der Waals surface area contributed by atoms with Crippen molar-refractivity contribution in [3.8, 4) is 0 Å². The van der Waals surface area contributed by atoms with Crippen LogP contribution in [0.3, 0.4) is 0 Å². The Kier molecular flexibility index (Phi) is 5.67. The number of anilines is 1. The average Bonchev–Trinajstić information content (AvgIpc) is 2.38. The zero-order valence-electron chi connectivity index (χ0n) is 12.1. The van der Waals surface area contributed by atoms with Gasteiger partial charge in [0.2, 0.25) is 15.9 Å². The van der Waals surface area contributed by atoms with Crippen LogP contribution in [-0.2, 0) is 19.6 Å². The van der Waals surface area contributed by atoms with Crippen LogP contribution >= 0.6 is 0 Å². The lowest BCUT2D eigenvalue weighted by molar-refractivity contribution is -0.120. The summed E-state index contributed by atoms with van der Waals surface area (Å²) in [7, 11) is -0.596. The van der Waals surface area contributed by atoms with Crippen molar-refractivity contribution in [3.63, 3.8) is 0 Å². The highest BCUT2D eigenvalue weighted by Gasteiger charge is 2.18. The molecule has 0 aliphatic carbocycles. The molecule has 1 amide bonds. The molecule has 1 rings (SSSR count). The number of ether oxygens (including phenoxy) is 1. The van der Waals surface area contributed by atoms with Crippen LogP contribution in [0.1, 0.15) is 12.5 Å². The number of nitrogens with zero attached hydrogens (tertiary/aromatic N) is 1. The molecule has 0 atom stereocenters. The maximum absolute atomic E-state index is 12.0. The lowest BCUT2D eigenvalue weighted by Gasteiger charge is -2.14. The van der Waals surface area contributed by atoms with Crippen molar-refractivity contribution in [1.82, 2.24) is 4.31 Å². The minimum absolute atomic E-state index is 0.0550. The van der Waals surface area contributed by atoms with E-state index in [4.69, 9.17) is 4.74 Å². The van der Waals surface area contributed by atoms with Crippen LogP contribution in [0.5, 0.6) is 0 Å². The van der Waals surface area contributed by atoms with Gasteiger partial charge < -0.3 is 10.1 Å². The van der Waals surface area contributed by atoms with Crippen LogP contribution in [0.15, 0.2) is 23.1 Å². The quantitative estimate of drug-likeness (QED) is 0.857. The molecule has 0 spiro atoms. The molecule has 0 fully saturated rings. The normalized spacial score (nSPS) is 11.7. The molecule has 0 heterocycles. The highest BCUT2D eigenvalue weighted by atomic mass is 32.2. The van der Waals surface area contributed by atoms with Crippen molar-refractivity contribution < 1.29 is 17.9 Å². The van der Waals surface area contributed by atoms with Crippen molar-refractivity contribution in [2.45, 2.75) is 18.7 Å². The fourth-order valence-corrected chi connectivity index (χ4v) is 2.42. The third-order valence-electron chi connectivity index (χ3n) is 2.70. The molecule has 0 saturated carbocycles. The SMILES string of the molecule is CCOCC(=O)Nc1cc(S(=O)(=O)N(C)C)ccc1C. The van der Waals surface area contributed by atoms with Crippen molar-refractivity contribution in [2.75, 3.05) is 32.6 Å². The molecule has 1 N–H and O–H groups in total. The predicted molar refractivity (Wildman–Crippen MR) is 77.2 cm³/mol. The number of hydrogen-bond acceptors (Lipinski definition) is 4. The molecular weight excluding hydrogens is 280 g/mol.